The smallest absolute Gasteiger partial charge is 0.292 e. The molecule has 3 nitrogen and oxygen atoms in total. The first-order valence-electron chi connectivity index (χ1n) is 8.20. The molecule has 0 spiro atoms. The van der Waals surface area contributed by atoms with Gasteiger partial charge in [-0.25, -0.2) is 4.79 Å². The monoisotopic (exact) mass is 321 g/mol. The van der Waals surface area contributed by atoms with Gasteiger partial charge < -0.3 is 0 Å². The van der Waals surface area contributed by atoms with Crippen molar-refractivity contribution in [3.63, 3.8) is 0 Å². The lowest BCUT2D eigenvalue weighted by atomic mass is 10.0. The van der Waals surface area contributed by atoms with Gasteiger partial charge in [-0.3, -0.25) is 4.89 Å². The van der Waals surface area contributed by atoms with Crippen LogP contribution in [0.2, 0.25) is 19.6 Å². The van der Waals surface area contributed by atoms with Crippen molar-refractivity contribution in [3.8, 4) is 0 Å². The van der Waals surface area contributed by atoms with Crippen molar-refractivity contribution in [1.82, 2.24) is 0 Å². The third-order valence-corrected chi connectivity index (χ3v) is 5.88. The molecule has 0 amide bonds. The molecule has 1 atom stereocenters. The molecule has 22 heavy (non-hydrogen) atoms. The maximum Gasteiger partial charge on any atom is 0.373 e. The zero-order chi connectivity index (χ0) is 16.6. The van der Waals surface area contributed by atoms with Gasteiger partial charge in [0.1, 0.15) is 6.61 Å². The van der Waals surface area contributed by atoms with Crippen molar-refractivity contribution in [2.24, 2.45) is 5.92 Å². The first-order valence-corrected chi connectivity index (χ1v) is 11.7. The van der Waals surface area contributed by atoms with Crippen LogP contribution in [0.5, 0.6) is 0 Å². The van der Waals surface area contributed by atoms with E-state index in [4.69, 9.17) is 9.78 Å². The molecule has 4 heteroatoms. The van der Waals surface area contributed by atoms with Crippen LogP contribution in [0, 0.1) is 12.5 Å². The standard InChI is InChI=1S/C18H29O3Si/c1-6-8-9-15(7-2)14-20-21-18(19)16-10-12-17(13-11-16)22(3,4)5/h10-15H,6-9H2,1-5H3. The number of carbonyl (C=O) groups is 1. The minimum absolute atomic E-state index is 0.335. The quantitative estimate of drug-likeness (QED) is 0.376. The molecule has 0 fully saturated rings. The van der Waals surface area contributed by atoms with E-state index in [1.165, 1.54) is 5.19 Å². The first-order chi connectivity index (χ1) is 10.4. The van der Waals surface area contributed by atoms with E-state index in [2.05, 4.69) is 33.5 Å². The molecule has 1 radical (unpaired) electrons. The van der Waals surface area contributed by atoms with Crippen LogP contribution in [-0.4, -0.2) is 14.0 Å². The molecule has 0 aliphatic carbocycles. The normalized spacial score (nSPS) is 13.0. The maximum atomic E-state index is 11.9. The molecule has 0 aromatic heterocycles. The van der Waals surface area contributed by atoms with Gasteiger partial charge in [0, 0.05) is 0 Å². The highest BCUT2D eigenvalue weighted by Crippen LogP contribution is 2.16. The average molecular weight is 322 g/mol. The van der Waals surface area contributed by atoms with Crippen LogP contribution in [0.4, 0.5) is 0 Å². The van der Waals surface area contributed by atoms with E-state index in [0.29, 0.717) is 11.5 Å². The molecular formula is C18H29O3Si. The summed E-state index contributed by atoms with van der Waals surface area (Å²) >= 11 is 0. The zero-order valence-corrected chi connectivity index (χ0v) is 15.5. The second-order valence-corrected chi connectivity index (χ2v) is 11.8. The second kappa shape index (κ2) is 9.11. The van der Waals surface area contributed by atoms with E-state index in [1.54, 1.807) is 6.61 Å². The molecule has 123 valence electrons. The molecule has 0 aliphatic heterocycles. The lowest BCUT2D eigenvalue weighted by molar-refractivity contribution is -0.219. The Kier molecular flexibility index (Phi) is 7.83. The fourth-order valence-corrected chi connectivity index (χ4v) is 3.31. The Labute approximate surface area is 136 Å². The Morgan fingerprint density at radius 2 is 1.82 bits per heavy atom. The molecule has 1 unspecified atom stereocenters. The number of carbonyl (C=O) groups excluding carboxylic acids is 1. The van der Waals surface area contributed by atoms with Gasteiger partial charge in [-0.1, -0.05) is 70.1 Å². The summed E-state index contributed by atoms with van der Waals surface area (Å²) in [5.41, 5.74) is 0.525. The summed E-state index contributed by atoms with van der Waals surface area (Å²) in [5, 5.41) is 1.32. The Hall–Kier alpha value is -1.13. The molecule has 0 bridgehead atoms. The van der Waals surface area contributed by atoms with Crippen LogP contribution < -0.4 is 5.19 Å². The first kappa shape index (κ1) is 18.9. The van der Waals surface area contributed by atoms with Gasteiger partial charge in [-0.2, -0.15) is 4.89 Å². The molecule has 1 aromatic rings. The van der Waals surface area contributed by atoms with Gasteiger partial charge in [0.2, 0.25) is 0 Å². The van der Waals surface area contributed by atoms with Crippen LogP contribution in [0.1, 0.15) is 49.9 Å². The summed E-state index contributed by atoms with van der Waals surface area (Å²) in [6.45, 7) is 12.7. The summed E-state index contributed by atoms with van der Waals surface area (Å²) in [7, 11) is -1.34. The fourth-order valence-electron chi connectivity index (χ4n) is 2.14. The SMILES string of the molecule is CCCCC([CH]OOC(=O)c1ccc([Si](C)(C)C)cc1)CC. The molecule has 0 saturated carbocycles. The molecule has 0 heterocycles. The van der Waals surface area contributed by atoms with E-state index in [9.17, 15) is 4.79 Å². The number of unbranched alkanes of at least 4 members (excludes halogenated alkanes) is 1. The Balaban J connectivity index is 2.45. The Bertz CT molecular complexity index is 448. The number of hydrogen-bond acceptors (Lipinski definition) is 3. The molecule has 0 aliphatic rings. The Morgan fingerprint density at radius 3 is 2.32 bits per heavy atom. The molecular weight excluding hydrogens is 292 g/mol. The maximum absolute atomic E-state index is 11.9. The van der Waals surface area contributed by atoms with Crippen LogP contribution in [0.15, 0.2) is 24.3 Å². The second-order valence-electron chi connectivity index (χ2n) is 6.74. The van der Waals surface area contributed by atoms with Crippen LogP contribution in [0.25, 0.3) is 0 Å². The van der Waals surface area contributed by atoms with E-state index in [1.807, 2.05) is 24.3 Å². The molecule has 0 saturated heterocycles. The zero-order valence-electron chi connectivity index (χ0n) is 14.5. The number of rotatable bonds is 9. The summed E-state index contributed by atoms with van der Waals surface area (Å²) in [6.07, 6.45) is 4.37. The third-order valence-electron chi connectivity index (χ3n) is 3.81. The van der Waals surface area contributed by atoms with Crippen molar-refractivity contribution in [3.05, 3.63) is 36.4 Å². The van der Waals surface area contributed by atoms with E-state index in [-0.39, 0.29) is 0 Å². The highest BCUT2D eigenvalue weighted by molar-refractivity contribution is 6.88. The summed E-state index contributed by atoms with van der Waals surface area (Å²) in [6, 6.07) is 7.66. The van der Waals surface area contributed by atoms with Gasteiger partial charge in [0.05, 0.1) is 13.6 Å². The van der Waals surface area contributed by atoms with E-state index in [0.717, 1.165) is 25.7 Å². The third kappa shape index (κ3) is 6.32. The minimum Gasteiger partial charge on any atom is -0.292 e. The number of hydrogen-bond donors (Lipinski definition) is 0. The van der Waals surface area contributed by atoms with Gasteiger partial charge >= 0.3 is 5.97 Å². The average Bonchev–Trinajstić information content (AvgIpc) is 2.49. The van der Waals surface area contributed by atoms with E-state index >= 15 is 0 Å². The van der Waals surface area contributed by atoms with Crippen molar-refractivity contribution in [2.45, 2.75) is 59.2 Å². The predicted molar refractivity (Wildman–Crippen MR) is 93.5 cm³/mol. The van der Waals surface area contributed by atoms with Crippen molar-refractivity contribution in [2.75, 3.05) is 0 Å². The largest absolute Gasteiger partial charge is 0.373 e. The number of benzene rings is 1. The summed E-state index contributed by atoms with van der Waals surface area (Å²) < 4.78 is 0. The lowest BCUT2D eigenvalue weighted by Crippen LogP contribution is -2.37. The van der Waals surface area contributed by atoms with Crippen molar-refractivity contribution >= 4 is 19.2 Å². The Morgan fingerprint density at radius 1 is 1.18 bits per heavy atom. The van der Waals surface area contributed by atoms with Gasteiger partial charge in [0.25, 0.3) is 0 Å². The lowest BCUT2D eigenvalue weighted by Gasteiger charge is -2.16. The summed E-state index contributed by atoms with van der Waals surface area (Å²) in [4.78, 5) is 21.8. The van der Waals surface area contributed by atoms with E-state index < -0.39 is 14.0 Å². The van der Waals surface area contributed by atoms with Gasteiger partial charge in [0.15, 0.2) is 0 Å². The topological polar surface area (TPSA) is 35.5 Å². The van der Waals surface area contributed by atoms with Gasteiger partial charge in [-0.05, 0) is 24.5 Å². The highest BCUT2D eigenvalue weighted by atomic mass is 28.3. The molecule has 0 N–H and O–H groups in total. The van der Waals surface area contributed by atoms with Crippen LogP contribution in [-0.2, 0) is 9.78 Å². The van der Waals surface area contributed by atoms with Crippen LogP contribution >= 0.6 is 0 Å². The molecule has 1 aromatic carbocycles. The predicted octanol–water partition coefficient (Wildman–Crippen LogP) is 4.70. The minimum atomic E-state index is -1.34. The van der Waals surface area contributed by atoms with Crippen molar-refractivity contribution in [1.29, 1.82) is 0 Å². The van der Waals surface area contributed by atoms with Crippen LogP contribution in [0.3, 0.4) is 0 Å². The highest BCUT2D eigenvalue weighted by Gasteiger charge is 2.17. The molecule has 1 rings (SSSR count). The van der Waals surface area contributed by atoms with Crippen molar-refractivity contribution < 1.29 is 14.6 Å². The fraction of sp³-hybridized carbons (Fsp3) is 0.556. The summed E-state index contributed by atoms with van der Waals surface area (Å²) in [5.74, 6) is -0.106. The van der Waals surface area contributed by atoms with Gasteiger partial charge in [-0.15, -0.1) is 0 Å².